The summed E-state index contributed by atoms with van der Waals surface area (Å²) in [6.07, 6.45) is 0.730. The number of nitrogens with one attached hydrogen (secondary N) is 1. The molecular weight excluding hydrogens is 582 g/mol. The lowest BCUT2D eigenvalue weighted by atomic mass is 10.1. The summed E-state index contributed by atoms with van der Waals surface area (Å²) in [5, 5.41) is 2.93. The van der Waals surface area contributed by atoms with E-state index in [0.29, 0.717) is 15.9 Å². The molecule has 39 heavy (non-hydrogen) atoms. The van der Waals surface area contributed by atoms with Crippen molar-refractivity contribution in [3.05, 3.63) is 88.9 Å². The van der Waals surface area contributed by atoms with Gasteiger partial charge in [0.25, 0.3) is 10.0 Å². The molecule has 0 aromatic heterocycles. The Morgan fingerprint density at radius 3 is 2.31 bits per heavy atom. The zero-order valence-electron chi connectivity index (χ0n) is 22.5. The second kappa shape index (κ2) is 13.6. The summed E-state index contributed by atoms with van der Waals surface area (Å²) in [4.78, 5) is 28.5. The molecule has 0 saturated carbocycles. The first kappa shape index (κ1) is 30.2. The van der Waals surface area contributed by atoms with E-state index < -0.39 is 28.5 Å². The number of carbonyl (C=O) groups is 2. The predicted molar refractivity (Wildman–Crippen MR) is 156 cm³/mol. The van der Waals surface area contributed by atoms with Crippen molar-refractivity contribution >= 4 is 43.5 Å². The molecule has 0 aliphatic carbocycles. The maximum absolute atomic E-state index is 13.9. The van der Waals surface area contributed by atoms with Gasteiger partial charge in [0, 0.05) is 17.1 Å². The van der Waals surface area contributed by atoms with Crippen molar-refractivity contribution in [2.24, 2.45) is 0 Å². The maximum Gasteiger partial charge on any atom is 0.264 e. The summed E-state index contributed by atoms with van der Waals surface area (Å²) in [5.41, 5.74) is 1.06. The molecule has 3 aromatic carbocycles. The van der Waals surface area contributed by atoms with E-state index in [1.807, 2.05) is 19.9 Å². The molecule has 208 valence electrons. The molecule has 10 heteroatoms. The van der Waals surface area contributed by atoms with Crippen molar-refractivity contribution in [1.29, 1.82) is 0 Å². The Morgan fingerprint density at radius 2 is 1.67 bits per heavy atom. The van der Waals surface area contributed by atoms with E-state index in [9.17, 15) is 18.0 Å². The van der Waals surface area contributed by atoms with Gasteiger partial charge in [-0.3, -0.25) is 13.9 Å². The SMILES string of the molecule is CC[C@H](C)NC(=O)[C@H](C)N(Cc1cccc(OC)c1)C(=O)CN(c1cccc(Br)c1)S(=O)(=O)c1ccccc1. The minimum Gasteiger partial charge on any atom is -0.497 e. The lowest BCUT2D eigenvalue weighted by molar-refractivity contribution is -0.139. The van der Waals surface area contributed by atoms with Crippen LogP contribution in [-0.2, 0) is 26.2 Å². The summed E-state index contributed by atoms with van der Waals surface area (Å²) in [5.74, 6) is -0.233. The first-order valence-corrected chi connectivity index (χ1v) is 14.9. The first-order valence-electron chi connectivity index (χ1n) is 12.6. The second-order valence-electron chi connectivity index (χ2n) is 9.17. The Balaban J connectivity index is 2.02. The number of ether oxygens (including phenoxy) is 1. The van der Waals surface area contributed by atoms with Crippen LogP contribution in [0.15, 0.2) is 88.2 Å². The van der Waals surface area contributed by atoms with Crippen LogP contribution in [0.2, 0.25) is 0 Å². The molecule has 0 aliphatic rings. The molecule has 0 saturated heterocycles. The molecular formula is C29H34BrN3O5S. The van der Waals surface area contributed by atoms with Crippen LogP contribution in [0.3, 0.4) is 0 Å². The van der Waals surface area contributed by atoms with Gasteiger partial charge in [-0.25, -0.2) is 8.42 Å². The monoisotopic (exact) mass is 615 g/mol. The molecule has 1 N–H and O–H groups in total. The highest BCUT2D eigenvalue weighted by atomic mass is 79.9. The quantitative estimate of drug-likeness (QED) is 0.310. The van der Waals surface area contributed by atoms with E-state index >= 15 is 0 Å². The molecule has 0 aliphatic heterocycles. The molecule has 0 unspecified atom stereocenters. The van der Waals surface area contributed by atoms with Crippen LogP contribution in [0.25, 0.3) is 0 Å². The maximum atomic E-state index is 13.9. The van der Waals surface area contributed by atoms with Crippen molar-refractivity contribution in [2.45, 2.75) is 50.7 Å². The third kappa shape index (κ3) is 7.83. The average molecular weight is 617 g/mol. The van der Waals surface area contributed by atoms with E-state index in [0.717, 1.165) is 16.3 Å². The van der Waals surface area contributed by atoms with E-state index in [2.05, 4.69) is 21.2 Å². The van der Waals surface area contributed by atoms with Crippen LogP contribution in [0.1, 0.15) is 32.8 Å². The number of amides is 2. The fraction of sp³-hybridized carbons (Fsp3) is 0.310. The normalized spacial score (nSPS) is 12.7. The molecule has 2 atom stereocenters. The van der Waals surface area contributed by atoms with Crippen LogP contribution in [0, 0.1) is 0 Å². The van der Waals surface area contributed by atoms with Crippen molar-refractivity contribution in [1.82, 2.24) is 10.2 Å². The fourth-order valence-corrected chi connectivity index (χ4v) is 5.71. The molecule has 0 spiro atoms. The molecule has 3 aromatic rings. The summed E-state index contributed by atoms with van der Waals surface area (Å²) >= 11 is 3.40. The predicted octanol–water partition coefficient (Wildman–Crippen LogP) is 4.99. The minimum absolute atomic E-state index is 0.0553. The van der Waals surface area contributed by atoms with Crippen molar-refractivity contribution < 1.29 is 22.7 Å². The summed E-state index contributed by atoms with van der Waals surface area (Å²) in [7, 11) is -2.56. The number of rotatable bonds is 12. The highest BCUT2D eigenvalue weighted by Crippen LogP contribution is 2.27. The topological polar surface area (TPSA) is 96.0 Å². The number of carbonyl (C=O) groups excluding carboxylic acids is 2. The smallest absolute Gasteiger partial charge is 0.264 e. The summed E-state index contributed by atoms with van der Waals surface area (Å²) < 4.78 is 34.6. The van der Waals surface area contributed by atoms with Crippen LogP contribution in [-0.4, -0.2) is 50.9 Å². The molecule has 0 radical (unpaired) electrons. The van der Waals surface area contributed by atoms with Crippen LogP contribution in [0.5, 0.6) is 5.75 Å². The average Bonchev–Trinajstić information content (AvgIpc) is 2.94. The highest BCUT2D eigenvalue weighted by molar-refractivity contribution is 9.10. The number of sulfonamides is 1. The van der Waals surface area contributed by atoms with Crippen molar-refractivity contribution in [3.63, 3.8) is 0 Å². The Morgan fingerprint density at radius 1 is 0.974 bits per heavy atom. The Labute approximate surface area is 239 Å². The van der Waals surface area contributed by atoms with Gasteiger partial charge in [-0.15, -0.1) is 0 Å². The molecule has 2 amide bonds. The van der Waals surface area contributed by atoms with E-state index in [-0.39, 0.29) is 23.4 Å². The Hall–Kier alpha value is -3.37. The third-order valence-electron chi connectivity index (χ3n) is 6.36. The molecule has 3 rings (SSSR count). The molecule has 0 bridgehead atoms. The zero-order chi connectivity index (χ0) is 28.6. The van der Waals surface area contributed by atoms with Crippen molar-refractivity contribution in [2.75, 3.05) is 18.0 Å². The van der Waals surface area contributed by atoms with Gasteiger partial charge in [-0.05, 0) is 68.3 Å². The molecule has 0 fully saturated rings. The number of benzene rings is 3. The van der Waals surface area contributed by atoms with Gasteiger partial charge in [0.2, 0.25) is 11.8 Å². The number of anilines is 1. The lowest BCUT2D eigenvalue weighted by Crippen LogP contribution is -2.52. The van der Waals surface area contributed by atoms with Gasteiger partial charge in [-0.2, -0.15) is 0 Å². The van der Waals surface area contributed by atoms with E-state index in [1.165, 1.54) is 17.0 Å². The van der Waals surface area contributed by atoms with Crippen molar-refractivity contribution in [3.8, 4) is 5.75 Å². The minimum atomic E-state index is -4.11. The van der Waals surface area contributed by atoms with Gasteiger partial charge < -0.3 is 15.0 Å². The number of methoxy groups -OCH3 is 1. The number of hydrogen-bond donors (Lipinski definition) is 1. The highest BCUT2D eigenvalue weighted by Gasteiger charge is 2.32. The molecule has 8 nitrogen and oxygen atoms in total. The standard InChI is InChI=1S/C29H34BrN3O5S/c1-5-21(2)31-29(35)22(3)32(19-23-11-9-14-26(17-23)38-4)28(34)20-33(25-13-10-12-24(30)18-25)39(36,37)27-15-7-6-8-16-27/h6-18,21-22H,5,19-20H2,1-4H3,(H,31,35)/t21-,22-/m0/s1. The number of nitrogens with zero attached hydrogens (tertiary/aromatic N) is 2. The van der Waals surface area contributed by atoms with Crippen LogP contribution >= 0.6 is 15.9 Å². The van der Waals surface area contributed by atoms with Gasteiger partial charge in [-0.1, -0.05) is 59.3 Å². The first-order chi connectivity index (χ1) is 18.6. The van der Waals surface area contributed by atoms with Crippen LogP contribution < -0.4 is 14.4 Å². The number of halogens is 1. The molecule has 0 heterocycles. The Kier molecular flexibility index (Phi) is 10.5. The van der Waals surface area contributed by atoms with E-state index in [1.54, 1.807) is 74.7 Å². The number of hydrogen-bond acceptors (Lipinski definition) is 5. The van der Waals surface area contributed by atoms with E-state index in [4.69, 9.17) is 4.74 Å². The fourth-order valence-electron chi connectivity index (χ4n) is 3.90. The van der Waals surface area contributed by atoms with Crippen LogP contribution in [0.4, 0.5) is 5.69 Å². The third-order valence-corrected chi connectivity index (χ3v) is 8.64. The van der Waals surface area contributed by atoms with Gasteiger partial charge in [0.15, 0.2) is 0 Å². The summed E-state index contributed by atoms with van der Waals surface area (Å²) in [6.45, 7) is 5.08. The van der Waals surface area contributed by atoms with Gasteiger partial charge >= 0.3 is 0 Å². The zero-order valence-corrected chi connectivity index (χ0v) is 24.9. The van der Waals surface area contributed by atoms with Gasteiger partial charge in [0.1, 0.15) is 18.3 Å². The largest absolute Gasteiger partial charge is 0.497 e. The summed E-state index contributed by atoms with van der Waals surface area (Å²) in [6, 6.07) is 21.0. The second-order valence-corrected chi connectivity index (χ2v) is 11.9. The lowest BCUT2D eigenvalue weighted by Gasteiger charge is -2.32. The Bertz CT molecular complexity index is 1380. The van der Waals surface area contributed by atoms with Gasteiger partial charge in [0.05, 0.1) is 17.7 Å².